The Morgan fingerprint density at radius 3 is 2.24 bits per heavy atom. The smallest absolute Gasteiger partial charge is 0.326 e. The summed E-state index contributed by atoms with van der Waals surface area (Å²) in [5, 5.41) is 19.9. The van der Waals surface area contributed by atoms with Gasteiger partial charge in [-0.05, 0) is 31.6 Å². The first-order chi connectivity index (χ1) is 9.93. The number of hydrogen-bond acceptors (Lipinski definition) is 3. The number of carbonyl (C=O) groups excluding carboxylic acids is 1. The summed E-state index contributed by atoms with van der Waals surface area (Å²) < 4.78 is 0. The van der Waals surface area contributed by atoms with Gasteiger partial charge in [-0.2, -0.15) is 0 Å². The van der Waals surface area contributed by atoms with E-state index in [1.54, 1.807) is 0 Å². The van der Waals surface area contributed by atoms with E-state index in [9.17, 15) is 14.4 Å². The molecule has 0 aromatic carbocycles. The van der Waals surface area contributed by atoms with Crippen LogP contribution in [0.15, 0.2) is 0 Å². The molecule has 0 saturated heterocycles. The molecule has 1 rings (SSSR count). The molecule has 0 aliphatic heterocycles. The summed E-state index contributed by atoms with van der Waals surface area (Å²) in [6.45, 7) is 2.16. The van der Waals surface area contributed by atoms with Crippen molar-refractivity contribution in [3.8, 4) is 0 Å². The zero-order valence-electron chi connectivity index (χ0n) is 12.5. The quantitative estimate of drug-likeness (QED) is 0.636. The second-order valence-electron chi connectivity index (χ2n) is 5.86. The second-order valence-corrected chi connectivity index (χ2v) is 5.86. The predicted molar refractivity (Wildman–Crippen MR) is 76.8 cm³/mol. The molecule has 0 radical (unpaired) electrons. The number of carboxylic acid groups (broad SMARTS) is 2. The molecule has 21 heavy (non-hydrogen) atoms. The van der Waals surface area contributed by atoms with Gasteiger partial charge in [-0.3, -0.25) is 9.59 Å². The number of aliphatic carboxylic acids is 2. The monoisotopic (exact) mass is 299 g/mol. The van der Waals surface area contributed by atoms with Crippen LogP contribution >= 0.6 is 0 Å². The molecule has 0 aromatic heterocycles. The van der Waals surface area contributed by atoms with Crippen LogP contribution < -0.4 is 5.32 Å². The fourth-order valence-electron chi connectivity index (χ4n) is 2.87. The largest absolute Gasteiger partial charge is 0.481 e. The van der Waals surface area contributed by atoms with Crippen LogP contribution in [0.5, 0.6) is 0 Å². The van der Waals surface area contributed by atoms with Gasteiger partial charge in [0.05, 0.1) is 6.42 Å². The maximum atomic E-state index is 12.0. The van der Waals surface area contributed by atoms with Crippen molar-refractivity contribution < 1.29 is 24.6 Å². The Bertz CT molecular complexity index is 374. The van der Waals surface area contributed by atoms with Gasteiger partial charge in [-0.25, -0.2) is 4.79 Å². The molecule has 1 aliphatic rings. The number of carbonyl (C=O) groups is 3. The van der Waals surface area contributed by atoms with E-state index >= 15 is 0 Å². The molecular weight excluding hydrogens is 274 g/mol. The van der Waals surface area contributed by atoms with E-state index in [-0.39, 0.29) is 11.8 Å². The van der Waals surface area contributed by atoms with Gasteiger partial charge in [0.25, 0.3) is 0 Å². The van der Waals surface area contributed by atoms with Crippen molar-refractivity contribution in [1.82, 2.24) is 5.32 Å². The molecule has 3 N–H and O–H groups in total. The Kier molecular flexibility index (Phi) is 7.19. The maximum Gasteiger partial charge on any atom is 0.326 e. The van der Waals surface area contributed by atoms with Crippen LogP contribution in [0.3, 0.4) is 0 Å². The van der Waals surface area contributed by atoms with Gasteiger partial charge in [0.1, 0.15) is 6.04 Å². The van der Waals surface area contributed by atoms with E-state index < -0.39 is 24.4 Å². The first-order valence-corrected chi connectivity index (χ1v) is 7.69. The van der Waals surface area contributed by atoms with Gasteiger partial charge in [-0.15, -0.1) is 0 Å². The minimum absolute atomic E-state index is 0.182. The summed E-state index contributed by atoms with van der Waals surface area (Å²) in [7, 11) is 0. The summed E-state index contributed by atoms with van der Waals surface area (Å²) in [5.41, 5.74) is 0. The molecule has 1 amide bonds. The molecule has 0 unspecified atom stereocenters. The van der Waals surface area contributed by atoms with Gasteiger partial charge in [-0.1, -0.05) is 26.2 Å². The van der Waals surface area contributed by atoms with Crippen molar-refractivity contribution in [3.63, 3.8) is 0 Å². The zero-order valence-corrected chi connectivity index (χ0v) is 12.5. The van der Waals surface area contributed by atoms with E-state index in [2.05, 4.69) is 12.2 Å². The first kappa shape index (κ1) is 17.5. The molecule has 1 atom stereocenters. The predicted octanol–water partition coefficient (Wildman–Crippen LogP) is 2.03. The average molecular weight is 299 g/mol. The lowest BCUT2D eigenvalue weighted by Crippen LogP contribution is -2.45. The van der Waals surface area contributed by atoms with E-state index in [0.29, 0.717) is 5.92 Å². The van der Waals surface area contributed by atoms with E-state index in [1.165, 1.54) is 19.3 Å². The first-order valence-electron chi connectivity index (χ1n) is 7.69. The van der Waals surface area contributed by atoms with Crippen molar-refractivity contribution >= 4 is 17.8 Å². The number of carboxylic acids is 2. The summed E-state index contributed by atoms with van der Waals surface area (Å²) in [5.74, 6) is -2.37. The van der Waals surface area contributed by atoms with E-state index in [4.69, 9.17) is 10.2 Å². The third-order valence-corrected chi connectivity index (χ3v) is 4.18. The third kappa shape index (κ3) is 6.14. The highest BCUT2D eigenvalue weighted by Crippen LogP contribution is 2.32. The lowest BCUT2D eigenvalue weighted by atomic mass is 9.79. The van der Waals surface area contributed by atoms with Crippen molar-refractivity contribution in [2.75, 3.05) is 0 Å². The van der Waals surface area contributed by atoms with Gasteiger partial charge >= 0.3 is 11.9 Å². The summed E-state index contributed by atoms with van der Waals surface area (Å²) >= 11 is 0. The van der Waals surface area contributed by atoms with Crippen molar-refractivity contribution in [1.29, 1.82) is 0 Å². The molecule has 1 fully saturated rings. The van der Waals surface area contributed by atoms with Gasteiger partial charge in [0.15, 0.2) is 0 Å². The van der Waals surface area contributed by atoms with Crippen LogP contribution in [0.1, 0.15) is 58.3 Å². The SMILES string of the molecule is CCCCC1CCC(C(=O)N[C@@H](CC(=O)O)C(=O)O)CC1. The maximum absolute atomic E-state index is 12.0. The van der Waals surface area contributed by atoms with Crippen LogP contribution in [0.2, 0.25) is 0 Å². The highest BCUT2D eigenvalue weighted by atomic mass is 16.4. The van der Waals surface area contributed by atoms with Crippen LogP contribution in [-0.4, -0.2) is 34.1 Å². The molecule has 0 heterocycles. The molecule has 1 aliphatic carbocycles. The highest BCUT2D eigenvalue weighted by Gasteiger charge is 2.30. The molecule has 1 saturated carbocycles. The molecule has 6 nitrogen and oxygen atoms in total. The Balaban J connectivity index is 2.42. The zero-order chi connectivity index (χ0) is 15.8. The molecule has 0 aromatic rings. The van der Waals surface area contributed by atoms with Gasteiger partial charge in [0, 0.05) is 5.92 Å². The number of amides is 1. The average Bonchev–Trinajstić information content (AvgIpc) is 2.44. The Labute approximate surface area is 124 Å². The van der Waals surface area contributed by atoms with Gasteiger partial charge in [0.2, 0.25) is 5.91 Å². The highest BCUT2D eigenvalue weighted by molar-refractivity contribution is 5.87. The number of unbranched alkanes of at least 4 members (excludes halogenated alkanes) is 1. The molecular formula is C15H25NO5. The topological polar surface area (TPSA) is 104 Å². The minimum atomic E-state index is -1.34. The van der Waals surface area contributed by atoms with Crippen molar-refractivity contribution in [3.05, 3.63) is 0 Å². The third-order valence-electron chi connectivity index (χ3n) is 4.18. The molecule has 0 bridgehead atoms. The molecule has 120 valence electrons. The van der Waals surface area contributed by atoms with Crippen molar-refractivity contribution in [2.45, 2.75) is 64.3 Å². The van der Waals surface area contributed by atoms with E-state index in [1.807, 2.05) is 0 Å². The minimum Gasteiger partial charge on any atom is -0.481 e. The Morgan fingerprint density at radius 2 is 1.76 bits per heavy atom. The summed E-state index contributed by atoms with van der Waals surface area (Å²) in [4.78, 5) is 33.6. The van der Waals surface area contributed by atoms with Crippen LogP contribution in [-0.2, 0) is 14.4 Å². The van der Waals surface area contributed by atoms with Crippen LogP contribution in [0, 0.1) is 11.8 Å². The number of rotatable bonds is 8. The summed E-state index contributed by atoms with van der Waals surface area (Å²) in [6.07, 6.45) is 6.51. The molecule has 6 heteroatoms. The normalized spacial score (nSPS) is 23.3. The second kappa shape index (κ2) is 8.64. The Morgan fingerprint density at radius 1 is 1.14 bits per heavy atom. The lowest BCUT2D eigenvalue weighted by molar-refractivity contribution is -0.147. The Hall–Kier alpha value is -1.59. The summed E-state index contributed by atoms with van der Waals surface area (Å²) in [6, 6.07) is -1.34. The fourth-order valence-corrected chi connectivity index (χ4v) is 2.87. The standard InChI is InChI=1S/C15H25NO5/c1-2-3-4-10-5-7-11(8-6-10)14(19)16-12(15(20)21)9-13(17)18/h10-12H,2-9H2,1H3,(H,16,19)(H,17,18)(H,20,21)/t10?,11?,12-/m0/s1. The lowest BCUT2D eigenvalue weighted by Gasteiger charge is -2.28. The van der Waals surface area contributed by atoms with Crippen molar-refractivity contribution in [2.24, 2.45) is 11.8 Å². The molecule has 0 spiro atoms. The van der Waals surface area contributed by atoms with E-state index in [0.717, 1.165) is 25.7 Å². The van der Waals surface area contributed by atoms with Crippen LogP contribution in [0.4, 0.5) is 0 Å². The van der Waals surface area contributed by atoms with Gasteiger partial charge < -0.3 is 15.5 Å². The fraction of sp³-hybridized carbons (Fsp3) is 0.800. The number of nitrogens with one attached hydrogen (secondary N) is 1. The number of hydrogen-bond donors (Lipinski definition) is 3. The van der Waals surface area contributed by atoms with Crippen LogP contribution in [0.25, 0.3) is 0 Å².